The summed E-state index contributed by atoms with van der Waals surface area (Å²) in [4.78, 5) is 12.3. The highest BCUT2D eigenvalue weighted by Gasteiger charge is 2.30. The number of hydrogen-bond acceptors (Lipinski definition) is 3. The number of ether oxygens (including phenoxy) is 2. The molecule has 0 N–H and O–H groups in total. The fraction of sp³-hybridized carbons (Fsp3) is 0.632. The fourth-order valence-corrected chi connectivity index (χ4v) is 3.40. The number of halogens is 3. The molecule has 2 rings (SSSR count). The van der Waals surface area contributed by atoms with Crippen molar-refractivity contribution >= 4 is 5.97 Å². The van der Waals surface area contributed by atoms with Crippen LogP contribution in [0.1, 0.15) is 64.4 Å². The molecule has 1 fully saturated rings. The lowest BCUT2D eigenvalue weighted by molar-refractivity contribution is -0.140. The smallest absolute Gasteiger partial charge is 0.314 e. The second kappa shape index (κ2) is 9.11. The van der Waals surface area contributed by atoms with E-state index in [1.165, 1.54) is 12.1 Å². The van der Waals surface area contributed by atoms with Crippen LogP contribution in [0.5, 0.6) is 11.5 Å². The fourth-order valence-electron chi connectivity index (χ4n) is 3.40. The number of carbonyl (C=O) groups is 1. The number of rotatable bonds is 7. The average Bonchev–Trinajstić information content (AvgIpc) is 2.58. The first kappa shape index (κ1) is 19.6. The molecule has 1 aromatic rings. The Morgan fingerprint density at radius 3 is 2.36 bits per heavy atom. The molecule has 3 nitrogen and oxygen atoms in total. The molecule has 0 amide bonds. The van der Waals surface area contributed by atoms with Crippen LogP contribution in [0, 0.1) is 17.7 Å². The molecule has 1 saturated carbocycles. The molecule has 0 aromatic heterocycles. The molecule has 0 saturated heterocycles. The van der Waals surface area contributed by atoms with Gasteiger partial charge in [0, 0.05) is 0 Å². The number of alkyl halides is 2. The standard InChI is InChI=1S/C19H25F3O3/c1-3-5-12-6-8-13(9-7-12)19(23)25-14-10-11-15(24-4-2)17(20)16(14)18(21)22/h10-13,18H,3-9H2,1-2H3. The van der Waals surface area contributed by atoms with Gasteiger partial charge in [0.05, 0.1) is 12.5 Å². The second-order valence-electron chi connectivity index (χ2n) is 6.45. The van der Waals surface area contributed by atoms with Crippen LogP contribution in [0.25, 0.3) is 0 Å². The molecule has 1 aromatic carbocycles. The van der Waals surface area contributed by atoms with Crippen LogP contribution in [0.2, 0.25) is 0 Å². The van der Waals surface area contributed by atoms with Gasteiger partial charge in [-0.25, -0.2) is 13.2 Å². The van der Waals surface area contributed by atoms with Crippen LogP contribution >= 0.6 is 0 Å². The predicted octanol–water partition coefficient (Wildman–Crippen LogP) is 5.67. The first-order valence-electron chi connectivity index (χ1n) is 8.92. The second-order valence-corrected chi connectivity index (χ2v) is 6.45. The summed E-state index contributed by atoms with van der Waals surface area (Å²) in [5.74, 6) is -2.11. The maximum atomic E-state index is 14.2. The molecular weight excluding hydrogens is 333 g/mol. The molecule has 0 atom stereocenters. The third-order valence-corrected chi connectivity index (χ3v) is 4.71. The van der Waals surface area contributed by atoms with E-state index in [0.717, 1.165) is 25.7 Å². The Morgan fingerprint density at radius 1 is 1.16 bits per heavy atom. The maximum absolute atomic E-state index is 14.2. The Morgan fingerprint density at radius 2 is 1.80 bits per heavy atom. The van der Waals surface area contributed by atoms with Gasteiger partial charge in [-0.05, 0) is 50.7 Å². The van der Waals surface area contributed by atoms with Gasteiger partial charge in [-0.3, -0.25) is 4.79 Å². The first-order chi connectivity index (χ1) is 12.0. The molecule has 0 unspecified atom stereocenters. The highest BCUT2D eigenvalue weighted by atomic mass is 19.3. The molecular formula is C19H25F3O3. The van der Waals surface area contributed by atoms with Gasteiger partial charge < -0.3 is 9.47 Å². The van der Waals surface area contributed by atoms with Crippen LogP contribution < -0.4 is 9.47 Å². The molecule has 0 spiro atoms. The Hall–Kier alpha value is -1.72. The lowest BCUT2D eigenvalue weighted by Crippen LogP contribution is -2.26. The summed E-state index contributed by atoms with van der Waals surface area (Å²) in [5, 5.41) is 0. The van der Waals surface area contributed by atoms with Crippen molar-refractivity contribution in [2.24, 2.45) is 11.8 Å². The maximum Gasteiger partial charge on any atom is 0.314 e. The minimum atomic E-state index is -3.09. The summed E-state index contributed by atoms with van der Waals surface area (Å²) in [6.45, 7) is 3.91. The van der Waals surface area contributed by atoms with E-state index in [9.17, 15) is 18.0 Å². The number of esters is 1. The SMILES string of the molecule is CCCC1CCC(C(=O)Oc2ccc(OCC)c(F)c2C(F)F)CC1. The van der Waals surface area contributed by atoms with Gasteiger partial charge >= 0.3 is 5.97 Å². The highest BCUT2D eigenvalue weighted by molar-refractivity contribution is 5.75. The zero-order valence-electron chi connectivity index (χ0n) is 14.7. The van der Waals surface area contributed by atoms with E-state index in [4.69, 9.17) is 9.47 Å². The Labute approximate surface area is 146 Å². The van der Waals surface area contributed by atoms with E-state index in [1.54, 1.807) is 6.92 Å². The third kappa shape index (κ3) is 4.89. The van der Waals surface area contributed by atoms with E-state index in [0.29, 0.717) is 18.8 Å². The van der Waals surface area contributed by atoms with E-state index in [1.807, 2.05) is 0 Å². The number of benzene rings is 1. The van der Waals surface area contributed by atoms with E-state index in [2.05, 4.69) is 6.92 Å². The third-order valence-electron chi connectivity index (χ3n) is 4.71. The van der Waals surface area contributed by atoms with Crippen LogP contribution in [0.3, 0.4) is 0 Å². The summed E-state index contributed by atoms with van der Waals surface area (Å²) >= 11 is 0. The molecule has 1 aliphatic rings. The molecule has 0 bridgehead atoms. The Bertz CT molecular complexity index is 582. The summed E-state index contributed by atoms with van der Waals surface area (Å²) in [6, 6.07) is 2.39. The lowest BCUT2D eigenvalue weighted by Gasteiger charge is -2.27. The molecule has 6 heteroatoms. The van der Waals surface area contributed by atoms with Crippen molar-refractivity contribution in [1.82, 2.24) is 0 Å². The number of hydrogen-bond donors (Lipinski definition) is 0. The molecule has 25 heavy (non-hydrogen) atoms. The lowest BCUT2D eigenvalue weighted by atomic mass is 9.80. The van der Waals surface area contributed by atoms with Crippen LogP contribution in [-0.4, -0.2) is 12.6 Å². The van der Waals surface area contributed by atoms with Gasteiger partial charge in [0.15, 0.2) is 11.6 Å². The normalized spacial score (nSPS) is 20.6. The van der Waals surface area contributed by atoms with E-state index < -0.39 is 29.5 Å². The largest absolute Gasteiger partial charge is 0.491 e. The zero-order valence-corrected chi connectivity index (χ0v) is 14.7. The Balaban J connectivity index is 2.09. The monoisotopic (exact) mass is 358 g/mol. The molecule has 0 radical (unpaired) electrons. The van der Waals surface area contributed by atoms with E-state index >= 15 is 0 Å². The molecule has 0 aliphatic heterocycles. The van der Waals surface area contributed by atoms with Crippen molar-refractivity contribution in [3.8, 4) is 11.5 Å². The van der Waals surface area contributed by atoms with Crippen molar-refractivity contribution in [3.63, 3.8) is 0 Å². The summed E-state index contributed by atoms with van der Waals surface area (Å²) in [7, 11) is 0. The van der Waals surface area contributed by atoms with Crippen LogP contribution in [0.15, 0.2) is 12.1 Å². The zero-order chi connectivity index (χ0) is 18.4. The van der Waals surface area contributed by atoms with Crippen molar-refractivity contribution in [2.75, 3.05) is 6.61 Å². The predicted molar refractivity (Wildman–Crippen MR) is 88.5 cm³/mol. The number of carbonyl (C=O) groups excluding carboxylic acids is 1. The van der Waals surface area contributed by atoms with Crippen molar-refractivity contribution in [1.29, 1.82) is 0 Å². The summed E-state index contributed by atoms with van der Waals surface area (Å²) in [5.41, 5.74) is -0.918. The summed E-state index contributed by atoms with van der Waals surface area (Å²) in [6.07, 6.45) is 2.41. The minimum absolute atomic E-state index is 0.153. The molecule has 0 heterocycles. The van der Waals surface area contributed by atoms with Crippen molar-refractivity contribution in [3.05, 3.63) is 23.5 Å². The van der Waals surface area contributed by atoms with Gasteiger partial charge in [-0.1, -0.05) is 19.8 Å². The van der Waals surface area contributed by atoms with Crippen LogP contribution in [0.4, 0.5) is 13.2 Å². The minimum Gasteiger partial charge on any atom is -0.491 e. The van der Waals surface area contributed by atoms with E-state index in [-0.39, 0.29) is 18.3 Å². The average molecular weight is 358 g/mol. The van der Waals surface area contributed by atoms with Gasteiger partial charge in [0.2, 0.25) is 0 Å². The highest BCUT2D eigenvalue weighted by Crippen LogP contribution is 2.38. The van der Waals surface area contributed by atoms with Crippen LogP contribution in [-0.2, 0) is 4.79 Å². The molecule has 140 valence electrons. The van der Waals surface area contributed by atoms with Gasteiger partial charge in [0.1, 0.15) is 11.3 Å². The van der Waals surface area contributed by atoms with Gasteiger partial charge in [-0.2, -0.15) is 0 Å². The van der Waals surface area contributed by atoms with Crippen molar-refractivity contribution < 1.29 is 27.4 Å². The summed E-state index contributed by atoms with van der Waals surface area (Å²) < 4.78 is 50.8. The van der Waals surface area contributed by atoms with Gasteiger partial charge in [-0.15, -0.1) is 0 Å². The van der Waals surface area contributed by atoms with Crippen molar-refractivity contribution in [2.45, 2.75) is 58.8 Å². The Kier molecular flexibility index (Phi) is 7.14. The topological polar surface area (TPSA) is 35.5 Å². The molecule has 1 aliphatic carbocycles. The first-order valence-corrected chi connectivity index (χ1v) is 8.92. The quantitative estimate of drug-likeness (QED) is 0.465. The van der Waals surface area contributed by atoms with Gasteiger partial charge in [0.25, 0.3) is 6.43 Å².